The Bertz CT molecular complexity index is 383. The summed E-state index contributed by atoms with van der Waals surface area (Å²) in [5, 5.41) is 12.4. The molecule has 1 unspecified atom stereocenters. The Labute approximate surface area is 94.9 Å². The highest BCUT2D eigenvalue weighted by atomic mass is 16.4. The Morgan fingerprint density at radius 3 is 2.62 bits per heavy atom. The molecule has 1 amide bonds. The van der Waals surface area contributed by atoms with E-state index in [4.69, 9.17) is 4.42 Å². The lowest BCUT2D eigenvalue weighted by atomic mass is 10.0. The molecule has 0 saturated carbocycles. The fraction of sp³-hybridized carbons (Fsp3) is 0.636. The molecule has 16 heavy (non-hydrogen) atoms. The number of hydrogen-bond acceptors (Lipinski definition) is 4. The lowest BCUT2D eigenvalue weighted by molar-refractivity contribution is 0.0510. The Morgan fingerprint density at radius 2 is 2.19 bits per heavy atom. The van der Waals surface area contributed by atoms with Gasteiger partial charge in [0.2, 0.25) is 5.76 Å². The molecule has 0 radical (unpaired) electrons. The van der Waals surface area contributed by atoms with E-state index >= 15 is 0 Å². The number of carbonyl (C=O) groups is 1. The van der Waals surface area contributed by atoms with Gasteiger partial charge in [0.05, 0.1) is 11.3 Å². The van der Waals surface area contributed by atoms with Crippen LogP contribution in [0, 0.1) is 13.8 Å². The minimum atomic E-state index is -0.890. The molecule has 1 atom stereocenters. The summed E-state index contributed by atoms with van der Waals surface area (Å²) in [5.41, 5.74) is -0.329. The Kier molecular flexibility index (Phi) is 3.70. The molecule has 1 rings (SSSR count). The largest absolute Gasteiger partial charge is 0.436 e. The molecule has 2 N–H and O–H groups in total. The van der Waals surface area contributed by atoms with E-state index in [1.807, 2.05) is 6.92 Å². The molecule has 0 aliphatic heterocycles. The Morgan fingerprint density at radius 1 is 1.56 bits per heavy atom. The van der Waals surface area contributed by atoms with Gasteiger partial charge in [0.1, 0.15) is 0 Å². The highest BCUT2D eigenvalue weighted by molar-refractivity contribution is 5.92. The zero-order chi connectivity index (χ0) is 12.3. The molecule has 0 fully saturated rings. The second-order valence-corrected chi connectivity index (χ2v) is 4.18. The Hall–Kier alpha value is -1.36. The summed E-state index contributed by atoms with van der Waals surface area (Å²) in [6.45, 7) is 7.12. The predicted octanol–water partition coefficient (Wildman–Crippen LogP) is 1.18. The van der Waals surface area contributed by atoms with E-state index in [0.29, 0.717) is 18.0 Å². The van der Waals surface area contributed by atoms with E-state index in [1.165, 1.54) is 0 Å². The number of aryl methyl sites for hydroxylation is 2. The molecule has 90 valence electrons. The van der Waals surface area contributed by atoms with Crippen LogP contribution < -0.4 is 5.32 Å². The van der Waals surface area contributed by atoms with E-state index in [9.17, 15) is 9.90 Å². The van der Waals surface area contributed by atoms with Crippen LogP contribution in [0.15, 0.2) is 4.42 Å². The van der Waals surface area contributed by atoms with Crippen LogP contribution in [0.25, 0.3) is 0 Å². The monoisotopic (exact) mass is 226 g/mol. The third kappa shape index (κ3) is 3.06. The van der Waals surface area contributed by atoms with Gasteiger partial charge in [0.25, 0.3) is 5.91 Å². The van der Waals surface area contributed by atoms with Crippen LogP contribution in [-0.4, -0.2) is 28.1 Å². The summed E-state index contributed by atoms with van der Waals surface area (Å²) in [4.78, 5) is 15.7. The fourth-order valence-electron chi connectivity index (χ4n) is 1.22. The van der Waals surface area contributed by atoms with E-state index in [0.717, 1.165) is 0 Å². The normalized spacial score (nSPS) is 14.6. The molecular formula is C11H18N2O3. The summed E-state index contributed by atoms with van der Waals surface area (Å²) in [6, 6.07) is 0. The van der Waals surface area contributed by atoms with Gasteiger partial charge in [0, 0.05) is 13.5 Å². The molecule has 0 aromatic carbocycles. The van der Waals surface area contributed by atoms with Gasteiger partial charge in [-0.3, -0.25) is 4.79 Å². The van der Waals surface area contributed by atoms with Crippen molar-refractivity contribution in [2.75, 3.05) is 6.54 Å². The van der Waals surface area contributed by atoms with Gasteiger partial charge in [-0.1, -0.05) is 6.92 Å². The second kappa shape index (κ2) is 4.65. The molecule has 1 aromatic rings. The average Bonchev–Trinajstić information content (AvgIpc) is 2.54. The smallest absolute Gasteiger partial charge is 0.289 e. The van der Waals surface area contributed by atoms with Gasteiger partial charge in [-0.25, -0.2) is 4.98 Å². The van der Waals surface area contributed by atoms with E-state index in [-0.39, 0.29) is 18.2 Å². The van der Waals surface area contributed by atoms with Crippen molar-refractivity contribution in [3.63, 3.8) is 0 Å². The van der Waals surface area contributed by atoms with Crippen molar-refractivity contribution in [1.82, 2.24) is 10.3 Å². The van der Waals surface area contributed by atoms with Gasteiger partial charge in [-0.05, 0) is 20.3 Å². The average molecular weight is 226 g/mol. The first-order chi connectivity index (χ1) is 7.35. The topological polar surface area (TPSA) is 75.4 Å². The number of rotatable bonds is 4. The van der Waals surface area contributed by atoms with Crippen LogP contribution in [0.5, 0.6) is 0 Å². The van der Waals surface area contributed by atoms with Gasteiger partial charge in [0.15, 0.2) is 5.89 Å². The zero-order valence-corrected chi connectivity index (χ0v) is 10.1. The highest BCUT2D eigenvalue weighted by Gasteiger charge is 2.21. The number of hydrogen-bond donors (Lipinski definition) is 2. The molecule has 5 heteroatoms. The summed E-state index contributed by atoms with van der Waals surface area (Å²) < 4.78 is 5.17. The van der Waals surface area contributed by atoms with Crippen LogP contribution in [0.3, 0.4) is 0 Å². The Balaban J connectivity index is 2.63. The van der Waals surface area contributed by atoms with Gasteiger partial charge in [-0.2, -0.15) is 0 Å². The number of amides is 1. The minimum absolute atomic E-state index is 0.196. The first kappa shape index (κ1) is 12.7. The molecular weight excluding hydrogens is 208 g/mol. The molecule has 0 bridgehead atoms. The highest BCUT2D eigenvalue weighted by Crippen LogP contribution is 2.10. The van der Waals surface area contributed by atoms with Crippen molar-refractivity contribution in [3.8, 4) is 0 Å². The van der Waals surface area contributed by atoms with Gasteiger partial charge < -0.3 is 14.8 Å². The number of aromatic nitrogens is 1. The minimum Gasteiger partial charge on any atom is -0.436 e. The fourth-order valence-corrected chi connectivity index (χ4v) is 1.22. The zero-order valence-electron chi connectivity index (χ0n) is 10.1. The van der Waals surface area contributed by atoms with Gasteiger partial charge >= 0.3 is 0 Å². The van der Waals surface area contributed by atoms with E-state index in [1.54, 1.807) is 20.8 Å². The van der Waals surface area contributed by atoms with E-state index in [2.05, 4.69) is 10.3 Å². The second-order valence-electron chi connectivity index (χ2n) is 4.18. The standard InChI is InChI=1S/C11H18N2O3/c1-5-11(4,15)6-12-10(14)9-7(2)13-8(3)16-9/h15H,5-6H2,1-4H3,(H,12,14). The van der Waals surface area contributed by atoms with Crippen molar-refractivity contribution in [1.29, 1.82) is 0 Å². The quantitative estimate of drug-likeness (QED) is 0.808. The van der Waals surface area contributed by atoms with Crippen molar-refractivity contribution < 1.29 is 14.3 Å². The molecule has 1 aromatic heterocycles. The molecule has 5 nitrogen and oxygen atoms in total. The maximum Gasteiger partial charge on any atom is 0.289 e. The number of aliphatic hydroxyl groups is 1. The van der Waals surface area contributed by atoms with Crippen LogP contribution in [0.4, 0.5) is 0 Å². The summed E-state index contributed by atoms with van der Waals surface area (Å²) in [7, 11) is 0. The van der Waals surface area contributed by atoms with Crippen molar-refractivity contribution in [2.45, 2.75) is 39.7 Å². The predicted molar refractivity (Wildman–Crippen MR) is 59.2 cm³/mol. The van der Waals surface area contributed by atoms with Crippen molar-refractivity contribution in [3.05, 3.63) is 17.3 Å². The molecule has 0 aliphatic carbocycles. The first-order valence-corrected chi connectivity index (χ1v) is 5.30. The first-order valence-electron chi connectivity index (χ1n) is 5.30. The SMILES string of the molecule is CCC(C)(O)CNC(=O)c1oc(C)nc1C. The molecule has 0 aliphatic rings. The number of oxazole rings is 1. The van der Waals surface area contributed by atoms with E-state index < -0.39 is 5.60 Å². The van der Waals surface area contributed by atoms with Crippen LogP contribution in [0.2, 0.25) is 0 Å². The molecule has 1 heterocycles. The summed E-state index contributed by atoms with van der Waals surface area (Å²) >= 11 is 0. The number of nitrogens with one attached hydrogen (secondary N) is 1. The van der Waals surface area contributed by atoms with Crippen LogP contribution in [0.1, 0.15) is 42.4 Å². The van der Waals surface area contributed by atoms with Crippen LogP contribution in [-0.2, 0) is 0 Å². The van der Waals surface area contributed by atoms with Crippen molar-refractivity contribution >= 4 is 5.91 Å². The lowest BCUT2D eigenvalue weighted by Crippen LogP contribution is -2.40. The summed E-state index contributed by atoms with van der Waals surface area (Å²) in [5.74, 6) is 0.334. The van der Waals surface area contributed by atoms with Crippen molar-refractivity contribution in [2.24, 2.45) is 0 Å². The third-order valence-corrected chi connectivity index (χ3v) is 2.50. The van der Waals surface area contributed by atoms with Crippen LogP contribution >= 0.6 is 0 Å². The maximum absolute atomic E-state index is 11.7. The van der Waals surface area contributed by atoms with Gasteiger partial charge in [-0.15, -0.1) is 0 Å². The number of nitrogens with zero attached hydrogens (tertiary/aromatic N) is 1. The maximum atomic E-state index is 11.7. The molecule has 0 saturated heterocycles. The summed E-state index contributed by atoms with van der Waals surface area (Å²) in [6.07, 6.45) is 0.571. The third-order valence-electron chi connectivity index (χ3n) is 2.50. The lowest BCUT2D eigenvalue weighted by Gasteiger charge is -2.21. The molecule has 0 spiro atoms. The number of carbonyl (C=O) groups excluding carboxylic acids is 1.